The molecular formula is C8H14O2S. The van der Waals surface area contributed by atoms with Crippen LogP contribution in [0.5, 0.6) is 0 Å². The third-order valence-electron chi connectivity index (χ3n) is 2.27. The number of hydrogen-bond donors (Lipinski definition) is 0. The standard InChI is InChI=1S/C8H14O2S/c1-7(2)5-6-8(3,4)11(7,9)10/h5-6H,1-4H3. The highest BCUT2D eigenvalue weighted by Crippen LogP contribution is 2.37. The fourth-order valence-electron chi connectivity index (χ4n) is 1.26. The molecule has 1 rings (SSSR count). The third-order valence-corrected chi connectivity index (χ3v) is 5.31. The molecule has 0 aromatic carbocycles. The highest BCUT2D eigenvalue weighted by Gasteiger charge is 2.47. The smallest absolute Gasteiger partial charge is 0.167 e. The third kappa shape index (κ3) is 0.940. The van der Waals surface area contributed by atoms with Crippen molar-refractivity contribution in [3.63, 3.8) is 0 Å². The van der Waals surface area contributed by atoms with Crippen molar-refractivity contribution in [1.82, 2.24) is 0 Å². The Labute approximate surface area is 68.2 Å². The zero-order chi connectivity index (χ0) is 8.91. The van der Waals surface area contributed by atoms with Crippen LogP contribution < -0.4 is 0 Å². The second-order valence-corrected chi connectivity index (χ2v) is 7.15. The van der Waals surface area contributed by atoms with Gasteiger partial charge in [0, 0.05) is 0 Å². The van der Waals surface area contributed by atoms with E-state index in [0.29, 0.717) is 0 Å². The molecule has 1 heterocycles. The zero-order valence-electron chi connectivity index (χ0n) is 7.38. The van der Waals surface area contributed by atoms with Gasteiger partial charge in [0.2, 0.25) is 0 Å². The van der Waals surface area contributed by atoms with Crippen LogP contribution in [0.15, 0.2) is 12.2 Å². The van der Waals surface area contributed by atoms with Crippen LogP contribution in [0.1, 0.15) is 27.7 Å². The second-order valence-electron chi connectivity index (χ2n) is 4.04. The van der Waals surface area contributed by atoms with Crippen molar-refractivity contribution in [3.05, 3.63) is 12.2 Å². The summed E-state index contributed by atoms with van der Waals surface area (Å²) in [7, 11) is -3.01. The van der Waals surface area contributed by atoms with Crippen LogP contribution in [0.2, 0.25) is 0 Å². The molecule has 0 aliphatic carbocycles. The highest BCUT2D eigenvalue weighted by atomic mass is 32.2. The molecular weight excluding hydrogens is 160 g/mol. The Hall–Kier alpha value is -0.310. The Morgan fingerprint density at radius 2 is 1.18 bits per heavy atom. The Balaban J connectivity index is 3.33. The van der Waals surface area contributed by atoms with Crippen molar-refractivity contribution in [3.8, 4) is 0 Å². The lowest BCUT2D eigenvalue weighted by atomic mass is 10.1. The van der Waals surface area contributed by atoms with E-state index in [4.69, 9.17) is 0 Å². The van der Waals surface area contributed by atoms with E-state index in [-0.39, 0.29) is 0 Å². The van der Waals surface area contributed by atoms with Gasteiger partial charge >= 0.3 is 0 Å². The van der Waals surface area contributed by atoms with Crippen molar-refractivity contribution in [2.75, 3.05) is 0 Å². The van der Waals surface area contributed by atoms with E-state index in [2.05, 4.69) is 0 Å². The van der Waals surface area contributed by atoms with Crippen LogP contribution in [-0.4, -0.2) is 17.9 Å². The first-order chi connectivity index (χ1) is 4.71. The molecule has 11 heavy (non-hydrogen) atoms. The van der Waals surface area contributed by atoms with E-state index in [1.54, 1.807) is 39.8 Å². The topological polar surface area (TPSA) is 34.1 Å². The Kier molecular flexibility index (Phi) is 1.51. The Bertz CT molecular complexity index is 270. The van der Waals surface area contributed by atoms with Crippen molar-refractivity contribution < 1.29 is 8.42 Å². The van der Waals surface area contributed by atoms with Gasteiger partial charge in [-0.05, 0) is 27.7 Å². The first-order valence-electron chi connectivity index (χ1n) is 3.65. The summed E-state index contributed by atoms with van der Waals surface area (Å²) >= 11 is 0. The van der Waals surface area contributed by atoms with Crippen LogP contribution >= 0.6 is 0 Å². The monoisotopic (exact) mass is 174 g/mol. The van der Waals surface area contributed by atoms with E-state index in [1.165, 1.54) is 0 Å². The van der Waals surface area contributed by atoms with E-state index >= 15 is 0 Å². The molecule has 64 valence electrons. The van der Waals surface area contributed by atoms with Gasteiger partial charge in [-0.2, -0.15) is 0 Å². The van der Waals surface area contributed by atoms with Crippen LogP contribution in [0.25, 0.3) is 0 Å². The molecule has 1 aliphatic heterocycles. The average molecular weight is 174 g/mol. The van der Waals surface area contributed by atoms with Crippen molar-refractivity contribution in [2.45, 2.75) is 37.2 Å². The molecule has 3 heteroatoms. The quantitative estimate of drug-likeness (QED) is 0.522. The summed E-state index contributed by atoms with van der Waals surface area (Å²) in [5, 5.41) is 0. The molecule has 0 radical (unpaired) electrons. The summed E-state index contributed by atoms with van der Waals surface area (Å²) in [6, 6.07) is 0. The number of rotatable bonds is 0. The van der Waals surface area contributed by atoms with Crippen LogP contribution in [0.4, 0.5) is 0 Å². The molecule has 0 saturated carbocycles. The van der Waals surface area contributed by atoms with Gasteiger partial charge in [-0.15, -0.1) is 0 Å². The van der Waals surface area contributed by atoms with Gasteiger partial charge in [-0.1, -0.05) is 12.2 Å². The maximum absolute atomic E-state index is 11.7. The summed E-state index contributed by atoms with van der Waals surface area (Å²) in [5.41, 5.74) is 0. The molecule has 0 atom stereocenters. The summed E-state index contributed by atoms with van der Waals surface area (Å²) in [4.78, 5) is 0. The fourth-order valence-corrected chi connectivity index (χ4v) is 3.11. The van der Waals surface area contributed by atoms with Crippen LogP contribution in [0, 0.1) is 0 Å². The van der Waals surface area contributed by atoms with Crippen molar-refractivity contribution in [1.29, 1.82) is 0 Å². The van der Waals surface area contributed by atoms with E-state index in [1.807, 2.05) is 0 Å². The molecule has 2 nitrogen and oxygen atoms in total. The molecule has 1 aliphatic rings. The molecule has 0 unspecified atom stereocenters. The maximum atomic E-state index is 11.7. The van der Waals surface area contributed by atoms with Gasteiger partial charge < -0.3 is 0 Å². The van der Waals surface area contributed by atoms with Gasteiger partial charge in [0.05, 0.1) is 9.49 Å². The normalized spacial score (nSPS) is 30.5. The molecule has 0 bridgehead atoms. The van der Waals surface area contributed by atoms with Gasteiger partial charge in [0.15, 0.2) is 9.84 Å². The minimum atomic E-state index is -3.01. The SMILES string of the molecule is CC1(C)C=CC(C)(C)S1(=O)=O. The second kappa shape index (κ2) is 1.89. The van der Waals surface area contributed by atoms with Gasteiger partial charge in [-0.3, -0.25) is 0 Å². The Morgan fingerprint density at radius 3 is 1.27 bits per heavy atom. The molecule has 0 amide bonds. The molecule has 0 aromatic rings. The Morgan fingerprint density at radius 1 is 0.909 bits per heavy atom. The molecule has 0 saturated heterocycles. The largest absolute Gasteiger partial charge is 0.227 e. The molecule has 0 fully saturated rings. The first kappa shape index (κ1) is 8.78. The van der Waals surface area contributed by atoms with E-state index < -0.39 is 19.3 Å². The number of sulfone groups is 1. The zero-order valence-corrected chi connectivity index (χ0v) is 8.20. The summed E-state index contributed by atoms with van der Waals surface area (Å²) < 4.78 is 22.0. The average Bonchev–Trinajstić information content (AvgIpc) is 1.93. The minimum absolute atomic E-state index is 0.684. The lowest BCUT2D eigenvalue weighted by Crippen LogP contribution is -2.37. The van der Waals surface area contributed by atoms with Crippen LogP contribution in [0.3, 0.4) is 0 Å². The van der Waals surface area contributed by atoms with E-state index in [0.717, 1.165) is 0 Å². The molecule has 0 aromatic heterocycles. The highest BCUT2D eigenvalue weighted by molar-refractivity contribution is 7.94. The van der Waals surface area contributed by atoms with Gasteiger partial charge in [0.25, 0.3) is 0 Å². The fraction of sp³-hybridized carbons (Fsp3) is 0.750. The van der Waals surface area contributed by atoms with Gasteiger partial charge in [-0.25, -0.2) is 8.42 Å². The molecule has 0 N–H and O–H groups in total. The predicted octanol–water partition coefficient (Wildman–Crippen LogP) is 1.53. The summed E-state index contributed by atoms with van der Waals surface area (Å²) in [5.74, 6) is 0. The van der Waals surface area contributed by atoms with Gasteiger partial charge in [0.1, 0.15) is 0 Å². The maximum Gasteiger partial charge on any atom is 0.167 e. The predicted molar refractivity (Wildman–Crippen MR) is 46.2 cm³/mol. The lowest BCUT2D eigenvalue weighted by Gasteiger charge is -2.23. The summed E-state index contributed by atoms with van der Waals surface area (Å²) in [6.45, 7) is 6.92. The summed E-state index contributed by atoms with van der Waals surface area (Å²) in [6.07, 6.45) is 3.53. The van der Waals surface area contributed by atoms with Crippen molar-refractivity contribution in [2.24, 2.45) is 0 Å². The number of hydrogen-bond acceptors (Lipinski definition) is 2. The van der Waals surface area contributed by atoms with E-state index in [9.17, 15) is 8.42 Å². The lowest BCUT2D eigenvalue weighted by molar-refractivity contribution is 0.557. The first-order valence-corrected chi connectivity index (χ1v) is 5.14. The van der Waals surface area contributed by atoms with Crippen molar-refractivity contribution >= 4 is 9.84 Å². The molecule has 0 spiro atoms. The minimum Gasteiger partial charge on any atom is -0.227 e. The van der Waals surface area contributed by atoms with Crippen LogP contribution in [-0.2, 0) is 9.84 Å².